The molecule has 0 bridgehead atoms. The fourth-order valence-corrected chi connectivity index (χ4v) is 1.13. The molecule has 0 aliphatic heterocycles. The lowest BCUT2D eigenvalue weighted by atomic mass is 10.1. The quantitative estimate of drug-likeness (QED) is 0.673. The summed E-state index contributed by atoms with van der Waals surface area (Å²) in [5.74, 6) is 0. The number of pyridine rings is 1. The van der Waals surface area contributed by atoms with Crippen LogP contribution in [0.1, 0.15) is 11.1 Å². The zero-order chi connectivity index (χ0) is 8.97. The van der Waals surface area contributed by atoms with Crippen LogP contribution in [0.2, 0.25) is 0 Å². The van der Waals surface area contributed by atoms with Gasteiger partial charge in [-0.1, -0.05) is 0 Å². The van der Waals surface area contributed by atoms with E-state index in [1.54, 1.807) is 0 Å². The SMILES string of the molecule is Cc1cnccc1CCN(C)C. The summed E-state index contributed by atoms with van der Waals surface area (Å²) in [5, 5.41) is 0. The number of aryl methyl sites for hydroxylation is 1. The van der Waals surface area contributed by atoms with E-state index < -0.39 is 0 Å². The number of nitrogens with zero attached hydrogens (tertiary/aromatic N) is 2. The average Bonchev–Trinajstić information content (AvgIpc) is 2.03. The molecule has 0 amide bonds. The summed E-state index contributed by atoms with van der Waals surface area (Å²) in [7, 11) is 4.19. The molecule has 0 saturated carbocycles. The van der Waals surface area contributed by atoms with Crippen molar-refractivity contribution in [2.24, 2.45) is 0 Å². The smallest absolute Gasteiger partial charge is 0.0299 e. The van der Waals surface area contributed by atoms with Gasteiger partial charge in [-0.3, -0.25) is 4.98 Å². The van der Waals surface area contributed by atoms with Crippen molar-refractivity contribution in [3.8, 4) is 0 Å². The van der Waals surface area contributed by atoms with Crippen LogP contribution in [0.4, 0.5) is 0 Å². The maximum Gasteiger partial charge on any atom is 0.0299 e. The van der Waals surface area contributed by atoms with Crippen LogP contribution in [0.15, 0.2) is 18.5 Å². The van der Waals surface area contributed by atoms with Gasteiger partial charge in [0, 0.05) is 18.9 Å². The molecule has 0 saturated heterocycles. The van der Waals surface area contributed by atoms with Crippen molar-refractivity contribution in [2.75, 3.05) is 20.6 Å². The molecule has 0 aromatic carbocycles. The molecule has 12 heavy (non-hydrogen) atoms. The first-order valence-electron chi connectivity index (χ1n) is 4.24. The monoisotopic (exact) mass is 164 g/mol. The third-order valence-electron chi connectivity index (χ3n) is 1.96. The van der Waals surface area contributed by atoms with Gasteiger partial charge < -0.3 is 4.90 Å². The molecule has 1 aromatic rings. The topological polar surface area (TPSA) is 16.1 Å². The Kier molecular flexibility index (Phi) is 3.23. The minimum absolute atomic E-state index is 1.10. The van der Waals surface area contributed by atoms with Crippen molar-refractivity contribution in [1.82, 2.24) is 9.88 Å². The Morgan fingerprint density at radius 2 is 2.17 bits per heavy atom. The van der Waals surface area contributed by atoms with Crippen LogP contribution in [0.25, 0.3) is 0 Å². The molecule has 2 nitrogen and oxygen atoms in total. The third-order valence-corrected chi connectivity index (χ3v) is 1.96. The van der Waals surface area contributed by atoms with E-state index in [2.05, 4.69) is 37.0 Å². The van der Waals surface area contributed by atoms with Crippen LogP contribution in [0.3, 0.4) is 0 Å². The van der Waals surface area contributed by atoms with Gasteiger partial charge in [-0.2, -0.15) is 0 Å². The summed E-state index contributed by atoms with van der Waals surface area (Å²) >= 11 is 0. The van der Waals surface area contributed by atoms with Gasteiger partial charge in [0.1, 0.15) is 0 Å². The molecule has 0 atom stereocenters. The Morgan fingerprint density at radius 3 is 2.75 bits per heavy atom. The molecule has 66 valence electrons. The molecule has 1 heterocycles. The van der Waals surface area contributed by atoms with E-state index in [9.17, 15) is 0 Å². The molecule has 0 N–H and O–H groups in total. The van der Waals surface area contributed by atoms with Gasteiger partial charge in [0.25, 0.3) is 0 Å². The Labute approximate surface area is 74.2 Å². The number of likely N-dealkylation sites (N-methyl/N-ethyl adjacent to an activating group) is 1. The van der Waals surface area contributed by atoms with Gasteiger partial charge in [-0.25, -0.2) is 0 Å². The molecule has 0 fully saturated rings. The van der Waals surface area contributed by atoms with E-state index in [4.69, 9.17) is 0 Å². The molecule has 0 aliphatic carbocycles. The van der Waals surface area contributed by atoms with E-state index in [1.807, 2.05) is 12.4 Å². The van der Waals surface area contributed by atoms with Gasteiger partial charge in [0.05, 0.1) is 0 Å². The van der Waals surface area contributed by atoms with Crippen molar-refractivity contribution >= 4 is 0 Å². The van der Waals surface area contributed by atoms with Crippen LogP contribution < -0.4 is 0 Å². The molecule has 2 heteroatoms. The molecule has 0 aliphatic rings. The van der Waals surface area contributed by atoms with Crippen LogP contribution in [-0.4, -0.2) is 30.5 Å². The Morgan fingerprint density at radius 1 is 1.42 bits per heavy atom. The Hall–Kier alpha value is -0.890. The van der Waals surface area contributed by atoms with Crippen LogP contribution in [-0.2, 0) is 6.42 Å². The van der Waals surface area contributed by atoms with Crippen LogP contribution in [0.5, 0.6) is 0 Å². The van der Waals surface area contributed by atoms with Gasteiger partial charge >= 0.3 is 0 Å². The summed E-state index contributed by atoms with van der Waals surface area (Å²) in [6, 6.07) is 2.10. The fourth-order valence-electron chi connectivity index (χ4n) is 1.13. The molecule has 0 spiro atoms. The maximum atomic E-state index is 4.06. The molecule has 1 rings (SSSR count). The van der Waals surface area contributed by atoms with Crippen molar-refractivity contribution in [3.05, 3.63) is 29.6 Å². The lowest BCUT2D eigenvalue weighted by Gasteiger charge is -2.10. The van der Waals surface area contributed by atoms with E-state index in [1.165, 1.54) is 11.1 Å². The predicted octanol–water partition coefficient (Wildman–Crippen LogP) is 1.49. The molecule has 1 aromatic heterocycles. The summed E-state index contributed by atoms with van der Waals surface area (Å²) < 4.78 is 0. The van der Waals surface area contributed by atoms with E-state index >= 15 is 0 Å². The van der Waals surface area contributed by atoms with E-state index in [-0.39, 0.29) is 0 Å². The summed E-state index contributed by atoms with van der Waals surface area (Å²) in [5.41, 5.74) is 2.69. The lowest BCUT2D eigenvalue weighted by molar-refractivity contribution is 0.413. The second kappa shape index (κ2) is 4.21. The van der Waals surface area contributed by atoms with E-state index in [0.717, 1.165) is 13.0 Å². The predicted molar refractivity (Wildman–Crippen MR) is 51.2 cm³/mol. The number of rotatable bonds is 3. The summed E-state index contributed by atoms with van der Waals surface area (Å²) in [6.07, 6.45) is 4.89. The Balaban J connectivity index is 2.57. The summed E-state index contributed by atoms with van der Waals surface area (Å²) in [6.45, 7) is 3.21. The van der Waals surface area contributed by atoms with Crippen molar-refractivity contribution in [3.63, 3.8) is 0 Å². The first-order chi connectivity index (χ1) is 5.70. The zero-order valence-electron chi connectivity index (χ0n) is 8.04. The van der Waals surface area contributed by atoms with Gasteiger partial charge in [0.15, 0.2) is 0 Å². The van der Waals surface area contributed by atoms with Crippen molar-refractivity contribution in [2.45, 2.75) is 13.3 Å². The van der Waals surface area contributed by atoms with Crippen LogP contribution in [0, 0.1) is 6.92 Å². The second-order valence-corrected chi connectivity index (χ2v) is 3.36. The second-order valence-electron chi connectivity index (χ2n) is 3.36. The highest BCUT2D eigenvalue weighted by molar-refractivity contribution is 5.21. The zero-order valence-corrected chi connectivity index (χ0v) is 8.04. The largest absolute Gasteiger partial charge is 0.309 e. The van der Waals surface area contributed by atoms with Gasteiger partial charge in [0.2, 0.25) is 0 Å². The van der Waals surface area contributed by atoms with Gasteiger partial charge in [-0.05, 0) is 44.6 Å². The van der Waals surface area contributed by atoms with Crippen molar-refractivity contribution < 1.29 is 0 Å². The molecular weight excluding hydrogens is 148 g/mol. The fraction of sp³-hybridized carbons (Fsp3) is 0.500. The molecular formula is C10H16N2. The summed E-state index contributed by atoms with van der Waals surface area (Å²) in [4.78, 5) is 6.25. The highest BCUT2D eigenvalue weighted by Gasteiger charge is 1.97. The Bertz CT molecular complexity index is 243. The lowest BCUT2D eigenvalue weighted by Crippen LogP contribution is -2.15. The van der Waals surface area contributed by atoms with Gasteiger partial charge in [-0.15, -0.1) is 0 Å². The highest BCUT2D eigenvalue weighted by Crippen LogP contribution is 2.05. The number of aromatic nitrogens is 1. The van der Waals surface area contributed by atoms with Crippen LogP contribution >= 0.6 is 0 Å². The molecule has 0 unspecified atom stereocenters. The minimum atomic E-state index is 1.10. The normalized spacial score (nSPS) is 10.7. The standard InChI is InChI=1S/C10H16N2/c1-9-8-11-6-4-10(9)5-7-12(2)3/h4,6,8H,5,7H2,1-3H3. The third kappa shape index (κ3) is 2.62. The highest BCUT2D eigenvalue weighted by atomic mass is 15.0. The minimum Gasteiger partial charge on any atom is -0.309 e. The molecule has 0 radical (unpaired) electrons. The average molecular weight is 164 g/mol. The maximum absolute atomic E-state index is 4.06. The first kappa shape index (κ1) is 9.20. The number of hydrogen-bond acceptors (Lipinski definition) is 2. The number of hydrogen-bond donors (Lipinski definition) is 0. The van der Waals surface area contributed by atoms with Crippen molar-refractivity contribution in [1.29, 1.82) is 0 Å². The first-order valence-corrected chi connectivity index (χ1v) is 4.24. The van der Waals surface area contributed by atoms with E-state index in [0.29, 0.717) is 0 Å².